The van der Waals surface area contributed by atoms with Crippen LogP contribution in [0.25, 0.3) is 0 Å². The molecule has 0 aliphatic heterocycles. The number of para-hydroxylation sites is 1. The van der Waals surface area contributed by atoms with E-state index in [-0.39, 0.29) is 24.3 Å². The molecule has 0 radical (unpaired) electrons. The lowest BCUT2D eigenvalue weighted by molar-refractivity contribution is -0.123. The summed E-state index contributed by atoms with van der Waals surface area (Å²) in [7, 11) is 0. The third kappa shape index (κ3) is 5.81. The number of rotatable bonds is 7. The topological polar surface area (TPSA) is 96.5 Å². The molecule has 1 aliphatic rings. The van der Waals surface area contributed by atoms with E-state index in [0.29, 0.717) is 17.0 Å². The average Bonchev–Trinajstić information content (AvgIpc) is 3.56. The first-order valence-electron chi connectivity index (χ1n) is 9.66. The molecule has 0 atom stereocenters. The van der Waals surface area contributed by atoms with Crippen molar-refractivity contribution in [2.75, 3.05) is 11.9 Å². The van der Waals surface area contributed by atoms with Gasteiger partial charge in [0.2, 0.25) is 5.91 Å². The molecule has 0 heterocycles. The van der Waals surface area contributed by atoms with Crippen molar-refractivity contribution < 1.29 is 19.1 Å². The normalized spacial score (nSPS) is 12.9. The van der Waals surface area contributed by atoms with E-state index >= 15 is 0 Å². The number of carbonyl (C=O) groups is 3. The molecule has 3 rings (SSSR count). The van der Waals surface area contributed by atoms with Crippen LogP contribution >= 0.6 is 0 Å². The number of ether oxygens (including phenoxy) is 1. The van der Waals surface area contributed by atoms with Gasteiger partial charge in [-0.25, -0.2) is 0 Å². The summed E-state index contributed by atoms with van der Waals surface area (Å²) >= 11 is 0. The summed E-state index contributed by atoms with van der Waals surface area (Å²) < 4.78 is 5.57. The molecule has 3 amide bonds. The number of benzene rings is 2. The van der Waals surface area contributed by atoms with Gasteiger partial charge in [0.25, 0.3) is 11.8 Å². The molecule has 1 aliphatic carbocycles. The predicted octanol–water partition coefficient (Wildman–Crippen LogP) is 3.00. The van der Waals surface area contributed by atoms with Crippen LogP contribution in [0.2, 0.25) is 0 Å². The van der Waals surface area contributed by atoms with Gasteiger partial charge in [0, 0.05) is 17.2 Å². The van der Waals surface area contributed by atoms with Crippen molar-refractivity contribution in [3.05, 3.63) is 59.7 Å². The highest BCUT2D eigenvalue weighted by molar-refractivity contribution is 5.97. The van der Waals surface area contributed by atoms with E-state index in [9.17, 15) is 14.4 Å². The molecule has 7 nitrogen and oxygen atoms in total. The van der Waals surface area contributed by atoms with E-state index in [1.54, 1.807) is 24.3 Å². The predicted molar refractivity (Wildman–Crippen MR) is 109 cm³/mol. The number of hydrazine groups is 1. The molecule has 7 heteroatoms. The number of hydrogen-bond acceptors (Lipinski definition) is 4. The monoisotopic (exact) mass is 395 g/mol. The first-order valence-corrected chi connectivity index (χ1v) is 9.66. The number of hydrogen-bond donors (Lipinski definition) is 3. The van der Waals surface area contributed by atoms with E-state index in [0.717, 1.165) is 18.4 Å². The van der Waals surface area contributed by atoms with Crippen LogP contribution in [0, 0.1) is 5.92 Å². The van der Waals surface area contributed by atoms with Crippen LogP contribution < -0.4 is 20.9 Å². The van der Waals surface area contributed by atoms with Gasteiger partial charge < -0.3 is 10.1 Å². The second-order valence-corrected chi connectivity index (χ2v) is 7.32. The quantitative estimate of drug-likeness (QED) is 0.628. The summed E-state index contributed by atoms with van der Waals surface area (Å²) in [6.07, 6.45) is 1.86. The Labute approximate surface area is 169 Å². The molecule has 0 unspecified atom stereocenters. The summed E-state index contributed by atoms with van der Waals surface area (Å²) in [4.78, 5) is 35.9. The van der Waals surface area contributed by atoms with Gasteiger partial charge in [0.05, 0.1) is 0 Å². The molecule has 152 valence electrons. The molecule has 2 aromatic rings. The second-order valence-electron chi connectivity index (χ2n) is 7.32. The van der Waals surface area contributed by atoms with Gasteiger partial charge >= 0.3 is 0 Å². The lowest BCUT2D eigenvalue weighted by atomic mass is 10.0. The Kier molecular flexibility index (Phi) is 6.49. The lowest BCUT2D eigenvalue weighted by Crippen LogP contribution is -2.43. The van der Waals surface area contributed by atoms with Crippen molar-refractivity contribution in [3.63, 3.8) is 0 Å². The number of nitrogens with one attached hydrogen (secondary N) is 3. The van der Waals surface area contributed by atoms with Crippen molar-refractivity contribution >= 4 is 23.4 Å². The molecular formula is C22H25N3O4. The smallest absolute Gasteiger partial charge is 0.276 e. The highest BCUT2D eigenvalue weighted by Gasteiger charge is 2.29. The van der Waals surface area contributed by atoms with E-state index in [2.05, 4.69) is 16.2 Å². The molecule has 29 heavy (non-hydrogen) atoms. The lowest BCUT2D eigenvalue weighted by Gasteiger charge is -2.14. The minimum atomic E-state index is -0.467. The van der Waals surface area contributed by atoms with E-state index in [1.165, 1.54) is 0 Å². The maximum Gasteiger partial charge on any atom is 0.276 e. The fraction of sp³-hybridized carbons (Fsp3) is 0.318. The van der Waals surface area contributed by atoms with E-state index in [4.69, 9.17) is 4.74 Å². The molecular weight excluding hydrogens is 370 g/mol. The fourth-order valence-electron chi connectivity index (χ4n) is 2.76. The zero-order valence-electron chi connectivity index (χ0n) is 16.5. The largest absolute Gasteiger partial charge is 0.483 e. The van der Waals surface area contributed by atoms with Crippen molar-refractivity contribution in [1.29, 1.82) is 0 Å². The van der Waals surface area contributed by atoms with Crippen LogP contribution in [0.15, 0.2) is 48.5 Å². The van der Waals surface area contributed by atoms with Gasteiger partial charge in [-0.15, -0.1) is 0 Å². The van der Waals surface area contributed by atoms with Crippen LogP contribution in [0.4, 0.5) is 5.69 Å². The van der Waals surface area contributed by atoms with Crippen LogP contribution in [-0.2, 0) is 9.59 Å². The molecule has 1 fully saturated rings. The molecule has 0 aromatic heterocycles. The minimum absolute atomic E-state index is 0.00788. The van der Waals surface area contributed by atoms with Crippen molar-refractivity contribution in [1.82, 2.24) is 10.9 Å². The Morgan fingerprint density at radius 2 is 1.69 bits per heavy atom. The standard InChI is InChI=1S/C22H25N3O4/c1-14(2)18-5-3-4-6-19(18)29-13-20(26)24-25-22(28)16-9-11-17(12-10-16)23-21(27)15-7-8-15/h3-6,9-12,14-15H,7-8,13H2,1-2H3,(H,23,27)(H,24,26)(H,25,28). The highest BCUT2D eigenvalue weighted by atomic mass is 16.5. The van der Waals surface area contributed by atoms with Crippen LogP contribution in [0.5, 0.6) is 5.75 Å². The van der Waals surface area contributed by atoms with Crippen molar-refractivity contribution in [2.45, 2.75) is 32.6 Å². The highest BCUT2D eigenvalue weighted by Crippen LogP contribution is 2.30. The number of amides is 3. The van der Waals surface area contributed by atoms with Gasteiger partial charge in [0.1, 0.15) is 5.75 Å². The zero-order chi connectivity index (χ0) is 20.8. The molecule has 1 saturated carbocycles. The third-order valence-electron chi connectivity index (χ3n) is 4.58. The Hall–Kier alpha value is -3.35. The van der Waals surface area contributed by atoms with Gasteiger partial charge in [0.15, 0.2) is 6.61 Å². The summed E-state index contributed by atoms with van der Waals surface area (Å²) in [5.41, 5.74) is 6.70. The molecule has 0 saturated heterocycles. The maximum atomic E-state index is 12.2. The fourth-order valence-corrected chi connectivity index (χ4v) is 2.76. The van der Waals surface area contributed by atoms with E-state index < -0.39 is 11.8 Å². The van der Waals surface area contributed by atoms with Crippen molar-refractivity contribution in [2.24, 2.45) is 5.92 Å². The van der Waals surface area contributed by atoms with Crippen LogP contribution in [-0.4, -0.2) is 24.3 Å². The summed E-state index contributed by atoms with van der Waals surface area (Å²) in [6, 6.07) is 14.0. The molecule has 2 aromatic carbocycles. The van der Waals surface area contributed by atoms with Crippen LogP contribution in [0.1, 0.15) is 48.5 Å². The zero-order valence-corrected chi connectivity index (χ0v) is 16.5. The first-order chi connectivity index (χ1) is 13.9. The second kappa shape index (κ2) is 9.23. The van der Waals surface area contributed by atoms with Crippen LogP contribution in [0.3, 0.4) is 0 Å². The summed E-state index contributed by atoms with van der Waals surface area (Å²) in [5.74, 6) is 0.112. The first kappa shape index (κ1) is 20.4. The van der Waals surface area contributed by atoms with Gasteiger partial charge in [-0.1, -0.05) is 32.0 Å². The van der Waals surface area contributed by atoms with Gasteiger partial charge in [-0.2, -0.15) is 0 Å². The third-order valence-corrected chi connectivity index (χ3v) is 4.58. The van der Waals surface area contributed by atoms with Gasteiger partial charge in [-0.3, -0.25) is 25.2 Å². The Bertz CT molecular complexity index is 889. The Balaban J connectivity index is 1.45. The van der Waals surface area contributed by atoms with Crippen molar-refractivity contribution in [3.8, 4) is 5.75 Å². The molecule has 0 bridgehead atoms. The average molecular weight is 395 g/mol. The van der Waals surface area contributed by atoms with Gasteiger partial charge in [-0.05, 0) is 54.7 Å². The van der Waals surface area contributed by atoms with E-state index in [1.807, 2.05) is 38.1 Å². The number of carbonyl (C=O) groups excluding carboxylic acids is 3. The minimum Gasteiger partial charge on any atom is -0.483 e. The Morgan fingerprint density at radius 1 is 1.00 bits per heavy atom. The summed E-state index contributed by atoms with van der Waals surface area (Å²) in [5, 5.41) is 2.81. The summed E-state index contributed by atoms with van der Waals surface area (Å²) in [6.45, 7) is 3.88. The SMILES string of the molecule is CC(C)c1ccccc1OCC(=O)NNC(=O)c1ccc(NC(=O)C2CC2)cc1. The molecule has 0 spiro atoms. The molecule has 3 N–H and O–H groups in total. The maximum absolute atomic E-state index is 12.2. The number of anilines is 1. The Morgan fingerprint density at radius 3 is 2.34 bits per heavy atom.